The second kappa shape index (κ2) is 8.29. The van der Waals surface area contributed by atoms with E-state index in [-0.39, 0.29) is 49.0 Å². The van der Waals surface area contributed by atoms with Crippen LogP contribution in [0.3, 0.4) is 0 Å². The average Bonchev–Trinajstić information content (AvgIpc) is 2.95. The summed E-state index contributed by atoms with van der Waals surface area (Å²) in [5, 5.41) is 0. The number of aryl methyl sites for hydroxylation is 1. The highest BCUT2D eigenvalue weighted by molar-refractivity contribution is 6.05. The van der Waals surface area contributed by atoms with Gasteiger partial charge in [-0.3, -0.25) is 24.1 Å². The van der Waals surface area contributed by atoms with Crippen LogP contribution in [0.1, 0.15) is 42.1 Å². The average molecular weight is 369 g/mol. The van der Waals surface area contributed by atoms with Crippen LogP contribution in [0, 0.1) is 11.8 Å². The van der Waals surface area contributed by atoms with Crippen molar-refractivity contribution in [2.45, 2.75) is 32.6 Å². The summed E-state index contributed by atoms with van der Waals surface area (Å²) >= 11 is 0. The van der Waals surface area contributed by atoms with E-state index >= 15 is 0 Å². The molecule has 0 unspecified atom stereocenters. The molecule has 27 heavy (non-hydrogen) atoms. The standard InChI is InChI=1S/C21H23NO5/c1-2-14-7-9-15(10-8-14)18(23)13-27-19(24)11-12-22-20(25)16-5-3-4-6-17(16)21(22)26/h3-4,7-10,16-17H,2,5-6,11-13H2,1H3/t16-,17-/m0/s1. The Balaban J connectivity index is 1.46. The lowest BCUT2D eigenvalue weighted by Crippen LogP contribution is -2.33. The first kappa shape index (κ1) is 19.0. The van der Waals surface area contributed by atoms with Crippen molar-refractivity contribution >= 4 is 23.6 Å². The van der Waals surface area contributed by atoms with Crippen molar-refractivity contribution in [3.05, 3.63) is 47.5 Å². The van der Waals surface area contributed by atoms with Gasteiger partial charge in [-0.05, 0) is 24.8 Å². The molecule has 1 heterocycles. The Kier molecular flexibility index (Phi) is 5.84. The minimum Gasteiger partial charge on any atom is -0.457 e. The van der Waals surface area contributed by atoms with Gasteiger partial charge in [0.15, 0.2) is 12.4 Å². The fourth-order valence-electron chi connectivity index (χ4n) is 3.52. The van der Waals surface area contributed by atoms with Crippen LogP contribution < -0.4 is 0 Å². The van der Waals surface area contributed by atoms with Crippen molar-refractivity contribution in [1.82, 2.24) is 4.90 Å². The summed E-state index contributed by atoms with van der Waals surface area (Å²) in [6.07, 6.45) is 5.76. The highest BCUT2D eigenvalue weighted by Gasteiger charge is 2.46. The zero-order valence-corrected chi connectivity index (χ0v) is 15.3. The van der Waals surface area contributed by atoms with Gasteiger partial charge >= 0.3 is 5.97 Å². The monoisotopic (exact) mass is 369 g/mol. The largest absolute Gasteiger partial charge is 0.457 e. The number of ketones is 1. The smallest absolute Gasteiger partial charge is 0.308 e. The molecule has 1 aliphatic heterocycles. The third-order valence-electron chi connectivity index (χ3n) is 5.19. The molecule has 142 valence electrons. The number of carbonyl (C=O) groups excluding carboxylic acids is 4. The molecule has 1 aliphatic carbocycles. The fourth-order valence-corrected chi connectivity index (χ4v) is 3.52. The highest BCUT2D eigenvalue weighted by atomic mass is 16.5. The second-order valence-corrected chi connectivity index (χ2v) is 6.87. The SMILES string of the molecule is CCc1ccc(C(=O)COC(=O)CCN2C(=O)[C@H]3CC=CC[C@@H]3C2=O)cc1. The maximum absolute atomic E-state index is 12.3. The number of carbonyl (C=O) groups is 4. The number of esters is 1. The number of likely N-dealkylation sites (tertiary alicyclic amines) is 1. The van der Waals surface area contributed by atoms with Crippen LogP contribution in [0.15, 0.2) is 36.4 Å². The molecule has 0 N–H and O–H groups in total. The molecule has 6 nitrogen and oxygen atoms in total. The van der Waals surface area contributed by atoms with Gasteiger partial charge < -0.3 is 4.74 Å². The van der Waals surface area contributed by atoms with Gasteiger partial charge in [0.05, 0.1) is 18.3 Å². The second-order valence-electron chi connectivity index (χ2n) is 6.87. The summed E-state index contributed by atoms with van der Waals surface area (Å²) in [6, 6.07) is 7.17. The molecule has 6 heteroatoms. The van der Waals surface area contributed by atoms with Gasteiger partial charge in [-0.25, -0.2) is 0 Å². The van der Waals surface area contributed by atoms with Crippen LogP contribution in [0.2, 0.25) is 0 Å². The van der Waals surface area contributed by atoms with Crippen LogP contribution in [0.25, 0.3) is 0 Å². The van der Waals surface area contributed by atoms with Gasteiger partial charge in [-0.1, -0.05) is 43.3 Å². The summed E-state index contributed by atoms with van der Waals surface area (Å²) in [5.41, 5.74) is 1.61. The number of rotatable bonds is 7. The van der Waals surface area contributed by atoms with Gasteiger partial charge in [0.2, 0.25) is 11.8 Å². The minimum atomic E-state index is -0.595. The Morgan fingerprint density at radius 2 is 1.63 bits per heavy atom. The van der Waals surface area contributed by atoms with E-state index in [2.05, 4.69) is 0 Å². The Morgan fingerprint density at radius 1 is 1.04 bits per heavy atom. The van der Waals surface area contributed by atoms with Crippen LogP contribution in [-0.2, 0) is 25.5 Å². The molecule has 0 radical (unpaired) electrons. The normalized spacial score (nSPS) is 21.3. The molecule has 1 fully saturated rings. The molecule has 2 amide bonds. The van der Waals surface area contributed by atoms with E-state index in [9.17, 15) is 19.2 Å². The minimum absolute atomic E-state index is 0.00286. The molecule has 1 saturated heterocycles. The Bertz CT molecular complexity index is 754. The number of hydrogen-bond donors (Lipinski definition) is 0. The van der Waals surface area contributed by atoms with Gasteiger partial charge in [0.1, 0.15) is 0 Å². The predicted molar refractivity (Wildman–Crippen MR) is 97.8 cm³/mol. The molecule has 1 aromatic rings. The first-order valence-electron chi connectivity index (χ1n) is 9.29. The number of hydrogen-bond acceptors (Lipinski definition) is 5. The Hall–Kier alpha value is -2.76. The van der Waals surface area contributed by atoms with E-state index in [1.165, 1.54) is 0 Å². The molecule has 2 aliphatic rings. The number of allylic oxidation sites excluding steroid dienone is 2. The van der Waals surface area contributed by atoms with Crippen molar-refractivity contribution in [3.8, 4) is 0 Å². The zero-order valence-electron chi connectivity index (χ0n) is 15.3. The lowest BCUT2D eigenvalue weighted by Gasteiger charge is -2.14. The number of fused-ring (bicyclic) bond motifs is 1. The number of amides is 2. The van der Waals surface area contributed by atoms with Gasteiger partial charge in [0, 0.05) is 12.1 Å². The molecule has 0 aromatic heterocycles. The van der Waals surface area contributed by atoms with Gasteiger partial charge in [0.25, 0.3) is 0 Å². The lowest BCUT2D eigenvalue weighted by molar-refractivity contribution is -0.145. The molecule has 0 saturated carbocycles. The number of nitrogens with zero attached hydrogens (tertiary/aromatic N) is 1. The lowest BCUT2D eigenvalue weighted by atomic mass is 9.85. The fraction of sp³-hybridized carbons (Fsp3) is 0.429. The molecular formula is C21H23NO5. The predicted octanol–water partition coefficient (Wildman–Crippen LogP) is 2.32. The molecule has 0 spiro atoms. The first-order valence-corrected chi connectivity index (χ1v) is 9.29. The number of benzene rings is 1. The van der Waals surface area contributed by atoms with Gasteiger partial charge in [-0.2, -0.15) is 0 Å². The first-order chi connectivity index (χ1) is 13.0. The molecular weight excluding hydrogens is 346 g/mol. The van der Waals surface area contributed by atoms with Crippen LogP contribution in [-0.4, -0.2) is 41.6 Å². The van der Waals surface area contributed by atoms with Crippen molar-refractivity contribution in [1.29, 1.82) is 0 Å². The quantitative estimate of drug-likeness (QED) is 0.319. The number of ether oxygens (including phenoxy) is 1. The van der Waals surface area contributed by atoms with Crippen LogP contribution in [0.5, 0.6) is 0 Å². The van der Waals surface area contributed by atoms with E-state index in [0.717, 1.165) is 16.9 Å². The van der Waals surface area contributed by atoms with Crippen molar-refractivity contribution < 1.29 is 23.9 Å². The number of imide groups is 1. The Labute approximate surface area is 158 Å². The molecule has 3 rings (SSSR count). The maximum atomic E-state index is 12.3. The van der Waals surface area contributed by atoms with Crippen molar-refractivity contribution in [3.63, 3.8) is 0 Å². The summed E-state index contributed by atoms with van der Waals surface area (Å²) in [6.45, 7) is 1.68. The van der Waals surface area contributed by atoms with Crippen LogP contribution >= 0.6 is 0 Å². The van der Waals surface area contributed by atoms with Gasteiger partial charge in [-0.15, -0.1) is 0 Å². The zero-order chi connectivity index (χ0) is 19.4. The summed E-state index contributed by atoms with van der Waals surface area (Å²) < 4.78 is 5.01. The summed E-state index contributed by atoms with van der Waals surface area (Å²) in [4.78, 5) is 49.8. The topological polar surface area (TPSA) is 80.8 Å². The van der Waals surface area contributed by atoms with Crippen LogP contribution in [0.4, 0.5) is 0 Å². The van der Waals surface area contributed by atoms with E-state index in [1.807, 2.05) is 31.2 Å². The maximum Gasteiger partial charge on any atom is 0.308 e. The molecule has 1 aromatic carbocycles. The third-order valence-corrected chi connectivity index (χ3v) is 5.19. The third kappa shape index (κ3) is 4.15. The van der Waals surface area contributed by atoms with Crippen molar-refractivity contribution in [2.24, 2.45) is 11.8 Å². The highest BCUT2D eigenvalue weighted by Crippen LogP contribution is 2.34. The van der Waals surface area contributed by atoms with E-state index in [4.69, 9.17) is 4.74 Å². The molecule has 0 bridgehead atoms. The number of Topliss-reactive ketones (excluding diaryl/α,β-unsaturated/α-hetero) is 1. The van der Waals surface area contributed by atoms with Crippen molar-refractivity contribution in [2.75, 3.05) is 13.2 Å². The van der Waals surface area contributed by atoms with E-state index in [1.54, 1.807) is 12.1 Å². The summed E-state index contributed by atoms with van der Waals surface area (Å²) in [5.74, 6) is -1.90. The Morgan fingerprint density at radius 3 is 2.19 bits per heavy atom. The van der Waals surface area contributed by atoms with E-state index in [0.29, 0.717) is 18.4 Å². The summed E-state index contributed by atoms with van der Waals surface area (Å²) in [7, 11) is 0. The van der Waals surface area contributed by atoms with E-state index < -0.39 is 5.97 Å². The molecule has 2 atom stereocenters.